The molecule has 0 aliphatic heterocycles. The van der Waals surface area contributed by atoms with Gasteiger partial charge in [0.2, 0.25) is 0 Å². The summed E-state index contributed by atoms with van der Waals surface area (Å²) in [6.07, 6.45) is 4.33. The first-order chi connectivity index (χ1) is 9.10. The number of aliphatic hydroxyl groups is 1. The lowest BCUT2D eigenvalue weighted by molar-refractivity contribution is -0.119. The molecule has 1 aromatic rings. The maximum atomic E-state index is 10.7. The standard InChI is InChI=1S/C16H25NO2/c1-15(18,16(12-17)9-5-6-10-16)13-19-11-14-7-3-2-4-8-14/h2-4,7-8,18H,5-6,9-13,17H2,1H3. The Bertz CT molecular complexity index is 383. The second-order valence-electron chi connectivity index (χ2n) is 5.94. The first-order valence-electron chi connectivity index (χ1n) is 7.14. The van der Waals surface area contributed by atoms with Crippen molar-refractivity contribution in [1.82, 2.24) is 0 Å². The smallest absolute Gasteiger partial charge is 0.0920 e. The van der Waals surface area contributed by atoms with Gasteiger partial charge in [0.05, 0.1) is 18.8 Å². The number of ether oxygens (including phenoxy) is 1. The SMILES string of the molecule is CC(O)(COCc1ccccc1)C1(CN)CCCC1. The molecule has 2 rings (SSSR count). The van der Waals surface area contributed by atoms with Gasteiger partial charge in [0.15, 0.2) is 0 Å². The number of nitrogens with two attached hydrogens (primary N) is 1. The molecule has 1 fully saturated rings. The third kappa shape index (κ3) is 3.16. The number of benzene rings is 1. The van der Waals surface area contributed by atoms with Crippen LogP contribution in [0.25, 0.3) is 0 Å². The largest absolute Gasteiger partial charge is 0.387 e. The molecule has 3 nitrogen and oxygen atoms in total. The Morgan fingerprint density at radius 1 is 1.26 bits per heavy atom. The Kier molecular flexibility index (Phi) is 4.61. The van der Waals surface area contributed by atoms with Crippen LogP contribution in [0, 0.1) is 5.41 Å². The lowest BCUT2D eigenvalue weighted by atomic mass is 9.71. The van der Waals surface area contributed by atoms with Crippen molar-refractivity contribution in [3.8, 4) is 0 Å². The summed E-state index contributed by atoms with van der Waals surface area (Å²) in [5.74, 6) is 0. The zero-order valence-corrected chi connectivity index (χ0v) is 11.8. The molecular weight excluding hydrogens is 238 g/mol. The van der Waals surface area contributed by atoms with Crippen LogP contribution < -0.4 is 5.73 Å². The van der Waals surface area contributed by atoms with E-state index in [2.05, 4.69) is 0 Å². The topological polar surface area (TPSA) is 55.5 Å². The van der Waals surface area contributed by atoms with E-state index in [9.17, 15) is 5.11 Å². The monoisotopic (exact) mass is 263 g/mol. The molecule has 0 heterocycles. The van der Waals surface area contributed by atoms with Crippen LogP contribution in [0.15, 0.2) is 30.3 Å². The van der Waals surface area contributed by atoms with Crippen LogP contribution in [0.3, 0.4) is 0 Å². The molecule has 0 amide bonds. The molecular formula is C16H25NO2. The highest BCUT2D eigenvalue weighted by Gasteiger charge is 2.47. The molecule has 1 aliphatic carbocycles. The lowest BCUT2D eigenvalue weighted by Gasteiger charge is -2.42. The average Bonchev–Trinajstić information content (AvgIpc) is 2.90. The average molecular weight is 263 g/mol. The summed E-state index contributed by atoms with van der Waals surface area (Å²) in [6.45, 7) is 3.29. The van der Waals surface area contributed by atoms with E-state index in [1.807, 2.05) is 37.3 Å². The van der Waals surface area contributed by atoms with Crippen molar-refractivity contribution in [3.05, 3.63) is 35.9 Å². The highest BCUT2D eigenvalue weighted by atomic mass is 16.5. The molecule has 0 spiro atoms. The van der Waals surface area contributed by atoms with Gasteiger partial charge < -0.3 is 15.6 Å². The number of hydrogen-bond donors (Lipinski definition) is 2. The molecule has 1 aliphatic rings. The van der Waals surface area contributed by atoms with E-state index in [0.717, 1.165) is 31.2 Å². The van der Waals surface area contributed by atoms with E-state index in [4.69, 9.17) is 10.5 Å². The van der Waals surface area contributed by atoms with Gasteiger partial charge in [-0.25, -0.2) is 0 Å². The highest BCUT2D eigenvalue weighted by molar-refractivity contribution is 5.13. The van der Waals surface area contributed by atoms with Crippen molar-refractivity contribution in [2.75, 3.05) is 13.2 Å². The second kappa shape index (κ2) is 6.04. The van der Waals surface area contributed by atoms with Gasteiger partial charge in [0.1, 0.15) is 0 Å². The van der Waals surface area contributed by atoms with E-state index in [-0.39, 0.29) is 5.41 Å². The minimum absolute atomic E-state index is 0.163. The lowest BCUT2D eigenvalue weighted by Crippen LogP contribution is -2.52. The predicted octanol–water partition coefficient (Wildman–Crippen LogP) is 2.47. The summed E-state index contributed by atoms with van der Waals surface area (Å²) in [4.78, 5) is 0. The highest BCUT2D eigenvalue weighted by Crippen LogP contribution is 2.45. The molecule has 0 bridgehead atoms. The van der Waals surface area contributed by atoms with Crippen molar-refractivity contribution < 1.29 is 9.84 Å². The molecule has 0 radical (unpaired) electrons. The van der Waals surface area contributed by atoms with Crippen LogP contribution in [0.5, 0.6) is 0 Å². The molecule has 0 saturated heterocycles. The molecule has 1 aromatic carbocycles. The fourth-order valence-corrected chi connectivity index (χ4v) is 3.11. The fourth-order valence-electron chi connectivity index (χ4n) is 3.11. The zero-order valence-electron chi connectivity index (χ0n) is 11.8. The molecule has 3 heteroatoms. The first-order valence-corrected chi connectivity index (χ1v) is 7.14. The van der Waals surface area contributed by atoms with Crippen LogP contribution in [0.1, 0.15) is 38.2 Å². The van der Waals surface area contributed by atoms with Gasteiger partial charge >= 0.3 is 0 Å². The van der Waals surface area contributed by atoms with Crippen LogP contribution >= 0.6 is 0 Å². The quantitative estimate of drug-likeness (QED) is 0.829. The Morgan fingerprint density at radius 3 is 2.47 bits per heavy atom. The van der Waals surface area contributed by atoms with Crippen molar-refractivity contribution >= 4 is 0 Å². The first kappa shape index (κ1) is 14.5. The van der Waals surface area contributed by atoms with Crippen LogP contribution in [-0.2, 0) is 11.3 Å². The Balaban J connectivity index is 1.90. The van der Waals surface area contributed by atoms with Gasteiger partial charge in [0.25, 0.3) is 0 Å². The maximum Gasteiger partial charge on any atom is 0.0920 e. The minimum Gasteiger partial charge on any atom is -0.387 e. The van der Waals surface area contributed by atoms with Crippen molar-refractivity contribution in [1.29, 1.82) is 0 Å². The van der Waals surface area contributed by atoms with Gasteiger partial charge in [0, 0.05) is 12.0 Å². The Labute approximate surface area is 115 Å². The summed E-state index contributed by atoms with van der Waals surface area (Å²) in [6, 6.07) is 10.0. The molecule has 3 N–H and O–H groups in total. The Morgan fingerprint density at radius 2 is 1.89 bits per heavy atom. The van der Waals surface area contributed by atoms with Crippen molar-refractivity contribution in [3.63, 3.8) is 0 Å². The van der Waals surface area contributed by atoms with Crippen LogP contribution in [0.4, 0.5) is 0 Å². The third-order valence-corrected chi connectivity index (χ3v) is 4.59. The van der Waals surface area contributed by atoms with E-state index < -0.39 is 5.60 Å². The van der Waals surface area contributed by atoms with Crippen LogP contribution in [-0.4, -0.2) is 23.9 Å². The van der Waals surface area contributed by atoms with E-state index >= 15 is 0 Å². The molecule has 1 saturated carbocycles. The summed E-state index contributed by atoms with van der Waals surface area (Å²) >= 11 is 0. The summed E-state index contributed by atoms with van der Waals surface area (Å²) < 4.78 is 5.72. The number of rotatable bonds is 6. The maximum absolute atomic E-state index is 10.7. The molecule has 1 unspecified atom stereocenters. The Hall–Kier alpha value is -0.900. The predicted molar refractivity (Wildman–Crippen MR) is 76.7 cm³/mol. The van der Waals surface area contributed by atoms with Gasteiger partial charge in [-0.2, -0.15) is 0 Å². The van der Waals surface area contributed by atoms with Gasteiger partial charge in [-0.3, -0.25) is 0 Å². The summed E-state index contributed by atoms with van der Waals surface area (Å²) in [5, 5.41) is 10.7. The van der Waals surface area contributed by atoms with E-state index in [1.54, 1.807) is 0 Å². The molecule has 1 atom stereocenters. The zero-order chi connectivity index (χ0) is 13.8. The number of hydrogen-bond acceptors (Lipinski definition) is 3. The fraction of sp³-hybridized carbons (Fsp3) is 0.625. The third-order valence-electron chi connectivity index (χ3n) is 4.59. The molecule has 19 heavy (non-hydrogen) atoms. The van der Waals surface area contributed by atoms with Crippen molar-refractivity contribution in [2.45, 2.75) is 44.8 Å². The molecule has 0 aromatic heterocycles. The van der Waals surface area contributed by atoms with E-state index in [1.165, 1.54) is 0 Å². The van der Waals surface area contributed by atoms with Crippen molar-refractivity contribution in [2.24, 2.45) is 11.1 Å². The summed E-state index contributed by atoms with van der Waals surface area (Å²) in [7, 11) is 0. The molecule has 106 valence electrons. The van der Waals surface area contributed by atoms with E-state index in [0.29, 0.717) is 19.8 Å². The van der Waals surface area contributed by atoms with Gasteiger partial charge in [-0.05, 0) is 25.3 Å². The van der Waals surface area contributed by atoms with Gasteiger partial charge in [-0.15, -0.1) is 0 Å². The van der Waals surface area contributed by atoms with Gasteiger partial charge in [-0.1, -0.05) is 43.2 Å². The normalized spacial score (nSPS) is 21.2. The summed E-state index contributed by atoms with van der Waals surface area (Å²) in [5.41, 5.74) is 6.05. The second-order valence-corrected chi connectivity index (χ2v) is 5.94. The minimum atomic E-state index is -0.840. The van der Waals surface area contributed by atoms with Crippen LogP contribution in [0.2, 0.25) is 0 Å².